The fraction of sp³-hybridized carbons (Fsp3) is 0.385. The minimum absolute atomic E-state index is 0.121. The van der Waals surface area contributed by atoms with Crippen molar-refractivity contribution < 1.29 is 0 Å². The maximum Gasteiger partial charge on any atom is 0.0217 e. The first-order chi connectivity index (χ1) is 7.18. The molecule has 2 rings (SSSR count). The minimum Gasteiger partial charge on any atom is -0.325 e. The molecule has 1 heterocycles. The van der Waals surface area contributed by atoms with Crippen LogP contribution < -0.4 is 11.1 Å². The Labute approximate surface area is 91.2 Å². The number of rotatable bonds is 2. The summed E-state index contributed by atoms with van der Waals surface area (Å²) in [6.45, 7) is 6.12. The smallest absolute Gasteiger partial charge is 0.0217 e. The molecule has 1 aliphatic rings. The molecule has 1 aliphatic heterocycles. The number of hydrogen-bond acceptors (Lipinski definition) is 2. The van der Waals surface area contributed by atoms with Gasteiger partial charge in [-0.15, -0.1) is 0 Å². The first-order valence-electron chi connectivity index (χ1n) is 5.44. The number of benzene rings is 1. The highest BCUT2D eigenvalue weighted by atomic mass is 14.9. The molecule has 3 N–H and O–H groups in total. The van der Waals surface area contributed by atoms with Crippen molar-refractivity contribution in [1.82, 2.24) is 5.32 Å². The van der Waals surface area contributed by atoms with Crippen molar-refractivity contribution in [2.24, 2.45) is 5.73 Å². The lowest BCUT2D eigenvalue weighted by atomic mass is 9.97. The van der Waals surface area contributed by atoms with E-state index in [0.717, 1.165) is 13.1 Å². The third-order valence-corrected chi connectivity index (χ3v) is 2.83. The van der Waals surface area contributed by atoms with Crippen LogP contribution in [-0.4, -0.2) is 6.04 Å². The Morgan fingerprint density at radius 1 is 1.47 bits per heavy atom. The van der Waals surface area contributed by atoms with Crippen molar-refractivity contribution in [3.8, 4) is 0 Å². The largest absolute Gasteiger partial charge is 0.325 e. The zero-order chi connectivity index (χ0) is 10.8. The molecular weight excluding hydrogens is 184 g/mol. The van der Waals surface area contributed by atoms with Gasteiger partial charge in [-0.05, 0) is 36.1 Å². The standard InChI is InChI=1S/C13H18N2/c1-9(6-10(2)14)12-5-3-4-11-7-15-8-13(11)12/h3-6,10,15H,7-8,14H2,1-2H3/b9-6+. The lowest BCUT2D eigenvalue weighted by molar-refractivity contribution is 0.764. The Morgan fingerprint density at radius 2 is 2.27 bits per heavy atom. The first kappa shape index (κ1) is 10.4. The monoisotopic (exact) mass is 202 g/mol. The van der Waals surface area contributed by atoms with Crippen LogP contribution >= 0.6 is 0 Å². The average molecular weight is 202 g/mol. The van der Waals surface area contributed by atoms with Crippen LogP contribution in [0.15, 0.2) is 24.3 Å². The molecular formula is C13H18N2. The van der Waals surface area contributed by atoms with Crippen LogP contribution in [0.1, 0.15) is 30.5 Å². The molecule has 1 aromatic carbocycles. The molecule has 0 radical (unpaired) electrons. The summed E-state index contributed by atoms with van der Waals surface area (Å²) in [5, 5.41) is 3.38. The van der Waals surface area contributed by atoms with Gasteiger partial charge in [-0.3, -0.25) is 0 Å². The van der Waals surface area contributed by atoms with Crippen molar-refractivity contribution in [2.45, 2.75) is 33.0 Å². The number of fused-ring (bicyclic) bond motifs is 1. The first-order valence-corrected chi connectivity index (χ1v) is 5.44. The Kier molecular flexibility index (Phi) is 2.89. The van der Waals surface area contributed by atoms with E-state index in [9.17, 15) is 0 Å². The molecule has 1 unspecified atom stereocenters. The van der Waals surface area contributed by atoms with Crippen molar-refractivity contribution in [2.75, 3.05) is 0 Å². The zero-order valence-corrected chi connectivity index (χ0v) is 9.38. The molecule has 80 valence electrons. The quantitative estimate of drug-likeness (QED) is 0.770. The SMILES string of the molecule is C/C(=C\C(C)N)c1cccc2c1CNC2. The van der Waals surface area contributed by atoms with Gasteiger partial charge >= 0.3 is 0 Å². The van der Waals surface area contributed by atoms with Gasteiger partial charge in [0.25, 0.3) is 0 Å². The number of nitrogens with two attached hydrogens (primary N) is 1. The maximum atomic E-state index is 5.78. The van der Waals surface area contributed by atoms with Gasteiger partial charge in [0.1, 0.15) is 0 Å². The lowest BCUT2D eigenvalue weighted by Crippen LogP contribution is -2.11. The van der Waals surface area contributed by atoms with E-state index in [4.69, 9.17) is 5.73 Å². The molecule has 0 aliphatic carbocycles. The maximum absolute atomic E-state index is 5.78. The third kappa shape index (κ3) is 2.11. The molecule has 2 nitrogen and oxygen atoms in total. The number of hydrogen-bond donors (Lipinski definition) is 2. The molecule has 0 spiro atoms. The molecule has 0 saturated carbocycles. The summed E-state index contributed by atoms with van der Waals surface area (Å²) >= 11 is 0. The van der Waals surface area contributed by atoms with E-state index < -0.39 is 0 Å². The number of nitrogens with one attached hydrogen (secondary N) is 1. The molecule has 15 heavy (non-hydrogen) atoms. The third-order valence-electron chi connectivity index (χ3n) is 2.83. The minimum atomic E-state index is 0.121. The van der Waals surface area contributed by atoms with Gasteiger partial charge in [0.2, 0.25) is 0 Å². The van der Waals surface area contributed by atoms with E-state index in [-0.39, 0.29) is 6.04 Å². The highest BCUT2D eigenvalue weighted by molar-refractivity contribution is 5.68. The van der Waals surface area contributed by atoms with Gasteiger partial charge in [-0.1, -0.05) is 24.3 Å². The van der Waals surface area contributed by atoms with Gasteiger partial charge in [0.05, 0.1) is 0 Å². The van der Waals surface area contributed by atoms with Crippen molar-refractivity contribution in [3.63, 3.8) is 0 Å². The topological polar surface area (TPSA) is 38.0 Å². The predicted octanol–water partition coefficient (Wildman–Crippen LogP) is 2.04. The number of allylic oxidation sites excluding steroid dienone is 1. The Bertz CT molecular complexity index is 392. The van der Waals surface area contributed by atoms with E-state index in [1.165, 1.54) is 22.3 Å². The van der Waals surface area contributed by atoms with Gasteiger partial charge in [0.15, 0.2) is 0 Å². The van der Waals surface area contributed by atoms with Crippen LogP contribution in [0.25, 0.3) is 5.57 Å². The average Bonchev–Trinajstić information content (AvgIpc) is 2.63. The zero-order valence-electron chi connectivity index (χ0n) is 9.38. The van der Waals surface area contributed by atoms with Crippen LogP contribution in [-0.2, 0) is 13.1 Å². The summed E-state index contributed by atoms with van der Waals surface area (Å²) in [4.78, 5) is 0. The Hall–Kier alpha value is -1.12. The molecule has 0 amide bonds. The summed E-state index contributed by atoms with van der Waals surface area (Å²) in [5.74, 6) is 0. The molecule has 0 fully saturated rings. The lowest BCUT2D eigenvalue weighted by Gasteiger charge is -2.09. The van der Waals surface area contributed by atoms with Gasteiger partial charge < -0.3 is 11.1 Å². The highest BCUT2D eigenvalue weighted by Crippen LogP contribution is 2.25. The Morgan fingerprint density at radius 3 is 3.00 bits per heavy atom. The summed E-state index contributed by atoms with van der Waals surface area (Å²) < 4.78 is 0. The van der Waals surface area contributed by atoms with Crippen LogP contribution in [0.3, 0.4) is 0 Å². The molecule has 1 aromatic rings. The van der Waals surface area contributed by atoms with Crippen molar-refractivity contribution in [1.29, 1.82) is 0 Å². The molecule has 0 saturated heterocycles. The summed E-state index contributed by atoms with van der Waals surface area (Å²) in [5.41, 5.74) is 11.3. The van der Waals surface area contributed by atoms with E-state index in [1.807, 2.05) is 6.92 Å². The molecule has 0 aromatic heterocycles. The van der Waals surface area contributed by atoms with Crippen LogP contribution in [0, 0.1) is 0 Å². The molecule has 0 bridgehead atoms. The molecule has 2 heteroatoms. The second-order valence-corrected chi connectivity index (χ2v) is 4.26. The summed E-state index contributed by atoms with van der Waals surface area (Å²) in [6.07, 6.45) is 2.12. The van der Waals surface area contributed by atoms with Crippen molar-refractivity contribution in [3.05, 3.63) is 41.0 Å². The second-order valence-electron chi connectivity index (χ2n) is 4.26. The normalized spacial score (nSPS) is 17.7. The van der Waals surface area contributed by atoms with E-state index in [2.05, 4.69) is 36.5 Å². The molecule has 1 atom stereocenters. The van der Waals surface area contributed by atoms with E-state index in [1.54, 1.807) is 0 Å². The van der Waals surface area contributed by atoms with E-state index >= 15 is 0 Å². The fourth-order valence-electron chi connectivity index (χ4n) is 2.18. The Balaban J connectivity index is 2.41. The van der Waals surface area contributed by atoms with Gasteiger partial charge in [-0.2, -0.15) is 0 Å². The second kappa shape index (κ2) is 4.17. The predicted molar refractivity (Wildman–Crippen MR) is 64.3 cm³/mol. The van der Waals surface area contributed by atoms with Gasteiger partial charge in [-0.25, -0.2) is 0 Å². The van der Waals surface area contributed by atoms with Crippen LogP contribution in [0.4, 0.5) is 0 Å². The van der Waals surface area contributed by atoms with Crippen LogP contribution in [0.5, 0.6) is 0 Å². The van der Waals surface area contributed by atoms with Gasteiger partial charge in [0, 0.05) is 19.1 Å². The van der Waals surface area contributed by atoms with Crippen molar-refractivity contribution >= 4 is 5.57 Å². The van der Waals surface area contributed by atoms with E-state index in [0.29, 0.717) is 0 Å². The highest BCUT2D eigenvalue weighted by Gasteiger charge is 2.14. The summed E-state index contributed by atoms with van der Waals surface area (Å²) in [6, 6.07) is 6.62. The summed E-state index contributed by atoms with van der Waals surface area (Å²) in [7, 11) is 0. The fourth-order valence-corrected chi connectivity index (χ4v) is 2.18. The van der Waals surface area contributed by atoms with Crippen LogP contribution in [0.2, 0.25) is 0 Å².